The lowest BCUT2D eigenvalue weighted by molar-refractivity contribution is -0.118. The quantitative estimate of drug-likeness (QED) is 0.604. The Morgan fingerprint density at radius 3 is 2.93 bits per heavy atom. The minimum atomic E-state index is 0.0336. The van der Waals surface area contributed by atoms with Crippen molar-refractivity contribution in [3.05, 3.63) is 58.6 Å². The van der Waals surface area contributed by atoms with E-state index in [1.165, 1.54) is 11.3 Å². The lowest BCUT2D eigenvalue weighted by Gasteiger charge is -2.23. The number of ether oxygens (including phenoxy) is 1. The molecule has 1 atom stereocenters. The van der Waals surface area contributed by atoms with Gasteiger partial charge in [-0.3, -0.25) is 9.69 Å². The molecule has 4 nitrogen and oxygen atoms in total. The highest BCUT2D eigenvalue weighted by molar-refractivity contribution is 7.22. The van der Waals surface area contributed by atoms with Crippen molar-refractivity contribution >= 4 is 44.2 Å². The number of amides is 1. The molecule has 0 N–H and O–H groups in total. The fraction of sp³-hybridized carbons (Fsp3) is 0.333. The molecule has 1 aliphatic rings. The van der Waals surface area contributed by atoms with Gasteiger partial charge >= 0.3 is 0 Å². The first kappa shape index (κ1) is 18.4. The van der Waals surface area contributed by atoms with Crippen LogP contribution >= 0.6 is 22.9 Å². The van der Waals surface area contributed by atoms with Gasteiger partial charge in [-0.25, -0.2) is 4.98 Å². The zero-order valence-corrected chi connectivity index (χ0v) is 16.7. The molecule has 140 valence electrons. The molecule has 2 aromatic carbocycles. The summed E-state index contributed by atoms with van der Waals surface area (Å²) < 4.78 is 6.76. The number of anilines is 1. The first-order valence-electron chi connectivity index (χ1n) is 9.13. The predicted molar refractivity (Wildman–Crippen MR) is 111 cm³/mol. The van der Waals surface area contributed by atoms with Gasteiger partial charge in [0.25, 0.3) is 0 Å². The summed E-state index contributed by atoms with van der Waals surface area (Å²) in [4.78, 5) is 19.6. The van der Waals surface area contributed by atoms with Crippen LogP contribution in [0.4, 0.5) is 5.13 Å². The van der Waals surface area contributed by atoms with E-state index in [9.17, 15) is 4.79 Å². The Morgan fingerprint density at radius 1 is 1.33 bits per heavy atom. The van der Waals surface area contributed by atoms with Crippen molar-refractivity contribution in [1.82, 2.24) is 4.98 Å². The summed E-state index contributed by atoms with van der Waals surface area (Å²) in [5.74, 6) is 0.0336. The van der Waals surface area contributed by atoms with Gasteiger partial charge in [0.05, 0.1) is 28.8 Å². The van der Waals surface area contributed by atoms with Crippen molar-refractivity contribution in [2.24, 2.45) is 0 Å². The number of aryl methyl sites for hydroxylation is 1. The van der Waals surface area contributed by atoms with Crippen LogP contribution in [0, 0.1) is 6.92 Å². The minimum Gasteiger partial charge on any atom is -0.376 e. The maximum absolute atomic E-state index is 13.2. The maximum atomic E-state index is 13.2. The Labute approximate surface area is 167 Å². The summed E-state index contributed by atoms with van der Waals surface area (Å²) in [5.41, 5.74) is 2.91. The van der Waals surface area contributed by atoms with Crippen molar-refractivity contribution in [2.75, 3.05) is 18.1 Å². The van der Waals surface area contributed by atoms with Crippen LogP contribution in [-0.4, -0.2) is 30.1 Å². The topological polar surface area (TPSA) is 42.4 Å². The van der Waals surface area contributed by atoms with Gasteiger partial charge in [-0.15, -0.1) is 0 Å². The van der Waals surface area contributed by atoms with Crippen molar-refractivity contribution in [1.29, 1.82) is 0 Å². The standard InChI is InChI=1S/C21H21ClN2O2S/c1-14-5-2-6-15(11-14)12-19(25)24(13-16-7-4-10-26-16)21-23-20-17(22)8-3-9-18(20)27-21/h2-3,5-6,8-9,11,16H,4,7,10,12-13H2,1H3. The summed E-state index contributed by atoms with van der Waals surface area (Å²) >= 11 is 7.79. The molecule has 0 radical (unpaired) electrons. The van der Waals surface area contributed by atoms with E-state index in [0.717, 1.165) is 40.8 Å². The fourth-order valence-electron chi connectivity index (χ4n) is 3.39. The van der Waals surface area contributed by atoms with E-state index in [1.54, 1.807) is 4.90 Å². The van der Waals surface area contributed by atoms with Gasteiger partial charge in [-0.1, -0.05) is 58.8 Å². The Balaban J connectivity index is 1.64. The molecular formula is C21H21ClN2O2S. The molecule has 1 aromatic heterocycles. The molecule has 2 heterocycles. The van der Waals surface area contributed by atoms with Crippen molar-refractivity contribution in [3.8, 4) is 0 Å². The second-order valence-corrected chi connectivity index (χ2v) is 8.30. The number of benzene rings is 2. The monoisotopic (exact) mass is 400 g/mol. The van der Waals surface area contributed by atoms with E-state index in [-0.39, 0.29) is 12.0 Å². The second-order valence-electron chi connectivity index (χ2n) is 6.89. The predicted octanol–water partition coefficient (Wildman–Crippen LogP) is 5.01. The molecule has 6 heteroatoms. The number of thiazole rings is 1. The molecule has 1 unspecified atom stereocenters. The third kappa shape index (κ3) is 4.15. The molecule has 0 aliphatic carbocycles. The third-order valence-electron chi connectivity index (χ3n) is 4.74. The van der Waals surface area contributed by atoms with Gasteiger partial charge in [0, 0.05) is 6.61 Å². The van der Waals surface area contributed by atoms with Crippen molar-refractivity contribution < 1.29 is 9.53 Å². The smallest absolute Gasteiger partial charge is 0.233 e. The van der Waals surface area contributed by atoms with Gasteiger partial charge in [-0.2, -0.15) is 0 Å². The molecule has 1 saturated heterocycles. The summed E-state index contributed by atoms with van der Waals surface area (Å²) in [6.07, 6.45) is 2.42. The number of halogens is 1. The molecule has 0 spiro atoms. The molecule has 27 heavy (non-hydrogen) atoms. The Bertz CT molecular complexity index is 966. The zero-order chi connectivity index (χ0) is 18.8. The lowest BCUT2D eigenvalue weighted by atomic mass is 10.1. The van der Waals surface area contributed by atoms with E-state index in [0.29, 0.717) is 23.1 Å². The lowest BCUT2D eigenvalue weighted by Crippen LogP contribution is -2.38. The SMILES string of the molecule is Cc1cccc(CC(=O)N(CC2CCCO2)c2nc3c(Cl)cccc3s2)c1. The number of hydrogen-bond donors (Lipinski definition) is 0. The van der Waals surface area contributed by atoms with Crippen LogP contribution in [0.3, 0.4) is 0 Å². The van der Waals surface area contributed by atoms with Crippen LogP contribution < -0.4 is 4.90 Å². The molecular weight excluding hydrogens is 380 g/mol. The summed E-state index contributed by atoms with van der Waals surface area (Å²) in [5, 5.41) is 1.30. The van der Waals surface area contributed by atoms with E-state index in [1.807, 2.05) is 43.3 Å². The third-order valence-corrected chi connectivity index (χ3v) is 6.09. The van der Waals surface area contributed by atoms with Crippen molar-refractivity contribution in [3.63, 3.8) is 0 Å². The van der Waals surface area contributed by atoms with E-state index in [4.69, 9.17) is 16.3 Å². The highest BCUT2D eigenvalue weighted by Crippen LogP contribution is 2.33. The number of aromatic nitrogens is 1. The molecule has 4 rings (SSSR count). The van der Waals surface area contributed by atoms with Gasteiger partial charge < -0.3 is 4.74 Å². The fourth-order valence-corrected chi connectivity index (χ4v) is 4.68. The number of rotatable bonds is 5. The maximum Gasteiger partial charge on any atom is 0.233 e. The van der Waals surface area contributed by atoms with E-state index < -0.39 is 0 Å². The van der Waals surface area contributed by atoms with Gasteiger partial charge in [0.2, 0.25) is 5.91 Å². The molecule has 1 fully saturated rings. The van der Waals surface area contributed by atoms with Gasteiger partial charge in [0.15, 0.2) is 5.13 Å². The highest BCUT2D eigenvalue weighted by Gasteiger charge is 2.26. The van der Waals surface area contributed by atoms with Crippen LogP contribution in [0.1, 0.15) is 24.0 Å². The van der Waals surface area contributed by atoms with Gasteiger partial charge in [-0.05, 0) is 37.5 Å². The zero-order valence-electron chi connectivity index (χ0n) is 15.2. The number of carbonyl (C=O) groups excluding carboxylic acids is 1. The Hall–Kier alpha value is -1.95. The summed E-state index contributed by atoms with van der Waals surface area (Å²) in [7, 11) is 0. The second kappa shape index (κ2) is 7.97. The molecule has 1 amide bonds. The molecule has 0 bridgehead atoms. The largest absolute Gasteiger partial charge is 0.376 e. The number of carbonyl (C=O) groups is 1. The first-order valence-corrected chi connectivity index (χ1v) is 10.3. The highest BCUT2D eigenvalue weighted by atomic mass is 35.5. The molecule has 1 aliphatic heterocycles. The summed E-state index contributed by atoms with van der Waals surface area (Å²) in [6, 6.07) is 13.8. The Kier molecular flexibility index (Phi) is 5.43. The molecule has 3 aromatic rings. The van der Waals surface area contributed by atoms with Crippen LogP contribution in [-0.2, 0) is 16.0 Å². The average Bonchev–Trinajstić information content (AvgIpc) is 3.29. The van der Waals surface area contributed by atoms with Crippen LogP contribution in [0.25, 0.3) is 10.2 Å². The van der Waals surface area contributed by atoms with Crippen LogP contribution in [0.5, 0.6) is 0 Å². The average molecular weight is 401 g/mol. The summed E-state index contributed by atoms with van der Waals surface area (Å²) in [6.45, 7) is 3.33. The number of para-hydroxylation sites is 1. The van der Waals surface area contributed by atoms with E-state index in [2.05, 4.69) is 11.1 Å². The van der Waals surface area contributed by atoms with Crippen LogP contribution in [0.15, 0.2) is 42.5 Å². The number of nitrogens with zero attached hydrogens (tertiary/aromatic N) is 2. The van der Waals surface area contributed by atoms with Gasteiger partial charge in [0.1, 0.15) is 5.52 Å². The number of hydrogen-bond acceptors (Lipinski definition) is 4. The van der Waals surface area contributed by atoms with E-state index >= 15 is 0 Å². The first-order chi connectivity index (χ1) is 13.1. The Morgan fingerprint density at radius 2 is 2.19 bits per heavy atom. The molecule has 0 saturated carbocycles. The van der Waals surface area contributed by atoms with Crippen LogP contribution in [0.2, 0.25) is 5.02 Å². The normalized spacial score (nSPS) is 16.7. The van der Waals surface area contributed by atoms with Crippen molar-refractivity contribution in [2.45, 2.75) is 32.3 Å². The number of fused-ring (bicyclic) bond motifs is 1. The minimum absolute atomic E-state index is 0.0336.